The minimum atomic E-state index is -0.834. The molecule has 2 aliphatic rings. The zero-order valence-corrected chi connectivity index (χ0v) is 18.8. The standard InChI is InChI=1S/C21H32FN7O4/c1-14-24-19(23-11-17(31)28-8-4-5-9-28)18(22)20(25-14)26-27-21(32)16(12-29(33)13-30)10-15-6-2-3-7-15/h13,15-16,33H,2-12H2,1H3,(H,27,32)(H2,23,24,25,26)/t16-/m0/s1. The van der Waals surface area contributed by atoms with Gasteiger partial charge in [0, 0.05) is 13.1 Å². The van der Waals surface area contributed by atoms with Gasteiger partial charge in [-0.25, -0.2) is 15.0 Å². The molecule has 2 heterocycles. The van der Waals surface area contributed by atoms with Crippen LogP contribution in [-0.4, -0.2) is 69.5 Å². The fraction of sp³-hybridized carbons (Fsp3) is 0.667. The fourth-order valence-corrected chi connectivity index (χ4v) is 4.40. The summed E-state index contributed by atoms with van der Waals surface area (Å²) in [5, 5.41) is 12.7. The summed E-state index contributed by atoms with van der Waals surface area (Å²) in [7, 11) is 0. The zero-order valence-electron chi connectivity index (χ0n) is 18.8. The average Bonchev–Trinajstić information content (AvgIpc) is 3.51. The molecule has 1 saturated heterocycles. The maximum atomic E-state index is 14.9. The van der Waals surface area contributed by atoms with Gasteiger partial charge in [0.05, 0.1) is 19.0 Å². The van der Waals surface area contributed by atoms with E-state index >= 15 is 0 Å². The van der Waals surface area contributed by atoms with Crippen molar-refractivity contribution >= 4 is 29.9 Å². The number of hydrogen-bond acceptors (Lipinski definition) is 8. The molecule has 1 atom stereocenters. The van der Waals surface area contributed by atoms with Crippen LogP contribution in [0.1, 0.15) is 50.8 Å². The predicted octanol–water partition coefficient (Wildman–Crippen LogP) is 1.45. The first kappa shape index (κ1) is 24.6. The number of nitrogens with one attached hydrogen (secondary N) is 3. The highest BCUT2D eigenvalue weighted by Gasteiger charge is 2.27. The van der Waals surface area contributed by atoms with Crippen LogP contribution in [0.25, 0.3) is 0 Å². The molecule has 3 rings (SSSR count). The van der Waals surface area contributed by atoms with Gasteiger partial charge in [-0.05, 0) is 32.1 Å². The van der Waals surface area contributed by atoms with Crippen molar-refractivity contribution in [3.05, 3.63) is 11.6 Å². The summed E-state index contributed by atoms with van der Waals surface area (Å²) < 4.78 is 14.9. The van der Waals surface area contributed by atoms with E-state index in [0.29, 0.717) is 30.5 Å². The highest BCUT2D eigenvalue weighted by atomic mass is 19.1. The number of hydroxylamine groups is 2. The van der Waals surface area contributed by atoms with Crippen LogP contribution >= 0.6 is 0 Å². The average molecular weight is 466 g/mol. The van der Waals surface area contributed by atoms with Crippen LogP contribution in [0.3, 0.4) is 0 Å². The molecule has 1 saturated carbocycles. The van der Waals surface area contributed by atoms with Crippen LogP contribution in [-0.2, 0) is 14.4 Å². The minimum Gasteiger partial charge on any atom is -0.358 e. The molecule has 0 radical (unpaired) electrons. The highest BCUT2D eigenvalue weighted by Crippen LogP contribution is 2.30. The van der Waals surface area contributed by atoms with Gasteiger partial charge >= 0.3 is 0 Å². The maximum Gasteiger partial charge on any atom is 0.243 e. The van der Waals surface area contributed by atoms with Crippen molar-refractivity contribution < 1.29 is 24.0 Å². The van der Waals surface area contributed by atoms with Gasteiger partial charge in [-0.1, -0.05) is 25.7 Å². The normalized spacial score (nSPS) is 17.0. The molecule has 182 valence electrons. The number of amides is 3. The molecule has 0 spiro atoms. The lowest BCUT2D eigenvalue weighted by atomic mass is 9.92. The molecule has 4 N–H and O–H groups in total. The van der Waals surface area contributed by atoms with Gasteiger partial charge in [0.1, 0.15) is 5.82 Å². The molecule has 33 heavy (non-hydrogen) atoms. The predicted molar refractivity (Wildman–Crippen MR) is 117 cm³/mol. The lowest BCUT2D eigenvalue weighted by Gasteiger charge is -2.22. The zero-order chi connectivity index (χ0) is 23.8. The third-order valence-electron chi connectivity index (χ3n) is 6.13. The van der Waals surface area contributed by atoms with E-state index in [9.17, 15) is 24.0 Å². The van der Waals surface area contributed by atoms with E-state index in [1.54, 1.807) is 11.8 Å². The Balaban J connectivity index is 1.61. The smallest absolute Gasteiger partial charge is 0.243 e. The Morgan fingerprint density at radius 2 is 1.88 bits per heavy atom. The molecule has 11 nitrogen and oxygen atoms in total. The Hall–Kier alpha value is -3.02. The van der Waals surface area contributed by atoms with Crippen molar-refractivity contribution in [1.82, 2.24) is 25.4 Å². The van der Waals surface area contributed by atoms with E-state index in [1.807, 2.05) is 0 Å². The molecule has 3 amide bonds. The molecule has 1 aliphatic heterocycles. The van der Waals surface area contributed by atoms with Crippen LogP contribution in [0.2, 0.25) is 0 Å². The van der Waals surface area contributed by atoms with E-state index in [2.05, 4.69) is 26.1 Å². The number of halogens is 1. The number of hydrazine groups is 1. The summed E-state index contributed by atoms with van der Waals surface area (Å²) in [6.45, 7) is 2.70. The molecular weight excluding hydrogens is 433 g/mol. The van der Waals surface area contributed by atoms with Crippen molar-refractivity contribution in [2.45, 2.75) is 51.9 Å². The van der Waals surface area contributed by atoms with Crippen LogP contribution in [0, 0.1) is 24.6 Å². The first-order chi connectivity index (χ1) is 15.9. The van der Waals surface area contributed by atoms with E-state index in [1.165, 1.54) is 0 Å². The van der Waals surface area contributed by atoms with Gasteiger partial charge in [-0.2, -0.15) is 4.39 Å². The van der Waals surface area contributed by atoms with Gasteiger partial charge in [-0.15, -0.1) is 0 Å². The van der Waals surface area contributed by atoms with Gasteiger partial charge in [-0.3, -0.25) is 30.4 Å². The summed E-state index contributed by atoms with van der Waals surface area (Å²) in [6.07, 6.45) is 6.85. The molecule has 0 unspecified atom stereocenters. The second kappa shape index (κ2) is 11.7. The molecule has 1 aromatic rings. The number of carbonyl (C=O) groups excluding carboxylic acids is 3. The third kappa shape index (κ3) is 6.98. The topological polar surface area (TPSA) is 140 Å². The van der Waals surface area contributed by atoms with Gasteiger partial charge < -0.3 is 10.2 Å². The first-order valence-corrected chi connectivity index (χ1v) is 11.4. The number of rotatable bonds is 11. The van der Waals surface area contributed by atoms with Crippen molar-refractivity contribution in [2.75, 3.05) is 36.9 Å². The van der Waals surface area contributed by atoms with E-state index in [-0.39, 0.29) is 42.9 Å². The fourth-order valence-electron chi connectivity index (χ4n) is 4.40. The van der Waals surface area contributed by atoms with Gasteiger partial charge in [0.15, 0.2) is 11.6 Å². The Morgan fingerprint density at radius 1 is 1.21 bits per heavy atom. The second-order valence-electron chi connectivity index (χ2n) is 8.65. The summed E-state index contributed by atoms with van der Waals surface area (Å²) in [5.41, 5.74) is 4.92. The molecule has 1 aromatic heterocycles. The lowest BCUT2D eigenvalue weighted by molar-refractivity contribution is -0.154. The van der Waals surface area contributed by atoms with Crippen molar-refractivity contribution in [2.24, 2.45) is 11.8 Å². The Kier molecular flexibility index (Phi) is 8.75. The van der Waals surface area contributed by atoms with Gasteiger partial charge in [0.2, 0.25) is 24.0 Å². The monoisotopic (exact) mass is 465 g/mol. The minimum absolute atomic E-state index is 0.0966. The summed E-state index contributed by atoms with van der Waals surface area (Å²) in [4.78, 5) is 45.5. The first-order valence-electron chi connectivity index (χ1n) is 11.4. The maximum absolute atomic E-state index is 14.9. The number of aromatic nitrogens is 2. The molecular formula is C21H32FN7O4. The number of aryl methyl sites for hydroxylation is 1. The number of carbonyl (C=O) groups is 3. The van der Waals surface area contributed by atoms with E-state index in [4.69, 9.17) is 0 Å². The molecule has 0 bridgehead atoms. The number of likely N-dealkylation sites (tertiary alicyclic amines) is 1. The molecule has 12 heteroatoms. The molecule has 2 fully saturated rings. The van der Waals surface area contributed by atoms with Crippen molar-refractivity contribution in [3.63, 3.8) is 0 Å². The Labute approximate surface area is 192 Å². The lowest BCUT2D eigenvalue weighted by Crippen LogP contribution is -2.41. The number of nitrogens with zero attached hydrogens (tertiary/aromatic N) is 4. The molecule has 0 aromatic carbocycles. The van der Waals surface area contributed by atoms with Crippen molar-refractivity contribution in [3.8, 4) is 0 Å². The Bertz CT molecular complexity index is 844. The Morgan fingerprint density at radius 3 is 2.55 bits per heavy atom. The van der Waals surface area contributed by atoms with Crippen LogP contribution in [0.5, 0.6) is 0 Å². The highest BCUT2D eigenvalue weighted by molar-refractivity contribution is 5.81. The summed E-state index contributed by atoms with van der Waals surface area (Å²) >= 11 is 0. The van der Waals surface area contributed by atoms with Crippen molar-refractivity contribution in [1.29, 1.82) is 0 Å². The van der Waals surface area contributed by atoms with Crippen LogP contribution < -0.4 is 16.2 Å². The summed E-state index contributed by atoms with van der Waals surface area (Å²) in [6, 6.07) is 0. The third-order valence-corrected chi connectivity index (χ3v) is 6.13. The van der Waals surface area contributed by atoms with E-state index in [0.717, 1.165) is 38.5 Å². The van der Waals surface area contributed by atoms with Gasteiger partial charge in [0.25, 0.3) is 0 Å². The largest absolute Gasteiger partial charge is 0.358 e. The second-order valence-corrected chi connectivity index (χ2v) is 8.65. The van der Waals surface area contributed by atoms with Crippen LogP contribution in [0.15, 0.2) is 0 Å². The quantitative estimate of drug-likeness (QED) is 0.219. The number of anilines is 2. The SMILES string of the molecule is Cc1nc(NCC(=O)N2CCCC2)c(F)c(NNC(=O)[C@@H](CC2CCCC2)CN(O)C=O)n1. The van der Waals surface area contributed by atoms with E-state index < -0.39 is 17.6 Å². The van der Waals surface area contributed by atoms with Crippen LogP contribution in [0.4, 0.5) is 16.0 Å². The number of hydrogen-bond donors (Lipinski definition) is 4. The molecule has 1 aliphatic carbocycles. The summed E-state index contributed by atoms with van der Waals surface area (Å²) in [5.74, 6) is -1.94.